The van der Waals surface area contributed by atoms with Crippen LogP contribution in [0.25, 0.3) is 0 Å². The van der Waals surface area contributed by atoms with Crippen LogP contribution in [0, 0.1) is 0 Å². The molecule has 7 nitrogen and oxygen atoms in total. The number of rotatable bonds is 2. The average Bonchev–Trinajstić information content (AvgIpc) is 2.44. The van der Waals surface area contributed by atoms with Gasteiger partial charge in [-0.1, -0.05) is 6.07 Å². The predicted molar refractivity (Wildman–Crippen MR) is 74.3 cm³/mol. The molecule has 0 aromatic carbocycles. The largest absolute Gasteiger partial charge is 0.504 e. The van der Waals surface area contributed by atoms with Gasteiger partial charge in [-0.25, -0.2) is 9.78 Å². The van der Waals surface area contributed by atoms with Gasteiger partial charge in [0.1, 0.15) is 0 Å². The van der Waals surface area contributed by atoms with Gasteiger partial charge < -0.3 is 20.9 Å². The second kappa shape index (κ2) is 8.30. The highest BCUT2D eigenvalue weighted by atomic mass is 16.6. The van der Waals surface area contributed by atoms with Gasteiger partial charge in [0.15, 0.2) is 5.75 Å². The molecule has 7 heteroatoms. The van der Waals surface area contributed by atoms with Gasteiger partial charge in [-0.2, -0.15) is 0 Å². The number of nitrogens with zero attached hydrogens (tertiary/aromatic N) is 2. The van der Waals surface area contributed by atoms with Crippen LogP contribution in [-0.2, 0) is 0 Å². The lowest BCUT2D eigenvalue weighted by molar-refractivity contribution is 0.199. The summed E-state index contributed by atoms with van der Waals surface area (Å²) in [6.45, 7) is 2.37. The maximum atomic E-state index is 10.8. The lowest BCUT2D eigenvalue weighted by Gasteiger charge is -2.01. The molecule has 2 aromatic heterocycles. The molecule has 0 aliphatic rings. The molecule has 106 valence electrons. The Balaban J connectivity index is 0.000000217. The van der Waals surface area contributed by atoms with E-state index in [4.69, 9.17) is 15.6 Å². The summed E-state index contributed by atoms with van der Waals surface area (Å²) in [5.74, 6) is 0.343. The number of aromatic hydroxyl groups is 1. The van der Waals surface area contributed by atoms with E-state index >= 15 is 0 Å². The molecular formula is C13H16N4O3. The molecule has 0 saturated carbocycles. The number of hydrogen-bond donors (Lipinski definition) is 3. The van der Waals surface area contributed by atoms with E-state index in [2.05, 4.69) is 15.3 Å². The number of pyridine rings is 2. The van der Waals surface area contributed by atoms with Gasteiger partial charge in [-0.3, -0.25) is 4.98 Å². The van der Waals surface area contributed by atoms with Gasteiger partial charge in [0.2, 0.25) is 5.88 Å². The Morgan fingerprint density at radius 3 is 2.70 bits per heavy atom. The third kappa shape index (κ3) is 5.67. The van der Waals surface area contributed by atoms with Crippen LogP contribution in [0.5, 0.6) is 11.6 Å². The van der Waals surface area contributed by atoms with Crippen molar-refractivity contribution >= 4 is 11.8 Å². The number of carbonyl (C=O) groups is 1. The van der Waals surface area contributed by atoms with Crippen LogP contribution < -0.4 is 15.8 Å². The molecule has 2 heterocycles. The van der Waals surface area contributed by atoms with E-state index in [1.54, 1.807) is 24.4 Å². The average molecular weight is 276 g/mol. The van der Waals surface area contributed by atoms with Crippen molar-refractivity contribution < 1.29 is 14.6 Å². The Morgan fingerprint density at radius 2 is 2.20 bits per heavy atom. The normalized spacial score (nSPS) is 9.05. The Labute approximate surface area is 116 Å². The molecule has 0 spiro atoms. The molecule has 0 bridgehead atoms. The first-order valence-corrected chi connectivity index (χ1v) is 5.88. The van der Waals surface area contributed by atoms with Gasteiger partial charge in [-0.15, -0.1) is 0 Å². The number of carbonyl (C=O) groups excluding carboxylic acids is 1. The van der Waals surface area contributed by atoms with Crippen molar-refractivity contribution in [3.63, 3.8) is 0 Å². The number of hydrogen-bond acceptors (Lipinski definition) is 6. The fourth-order valence-corrected chi connectivity index (χ4v) is 1.08. The molecule has 2 aromatic rings. The number of anilines is 1. The molecule has 2 rings (SSSR count). The SMILES string of the molecule is CCNC(=O)Oc1ccccn1.Nc1ccncc1O. The molecule has 0 fully saturated rings. The van der Waals surface area contributed by atoms with Crippen LogP contribution in [0.1, 0.15) is 6.92 Å². The molecule has 0 aliphatic heterocycles. The number of nitrogen functional groups attached to an aromatic ring is 1. The predicted octanol–water partition coefficient (Wildman–Crippen LogP) is 1.56. The molecule has 0 radical (unpaired) electrons. The summed E-state index contributed by atoms with van der Waals surface area (Å²) in [5.41, 5.74) is 5.59. The first-order valence-electron chi connectivity index (χ1n) is 5.88. The first-order chi connectivity index (χ1) is 9.63. The monoisotopic (exact) mass is 276 g/mol. The highest BCUT2D eigenvalue weighted by Gasteiger charge is 2.00. The van der Waals surface area contributed by atoms with Crippen molar-refractivity contribution in [2.45, 2.75) is 6.92 Å². The quantitative estimate of drug-likeness (QED) is 0.767. The van der Waals surface area contributed by atoms with Crippen LogP contribution in [0.4, 0.5) is 10.5 Å². The van der Waals surface area contributed by atoms with Gasteiger partial charge in [-0.05, 0) is 19.1 Å². The maximum Gasteiger partial charge on any atom is 0.413 e. The third-order valence-electron chi connectivity index (χ3n) is 1.99. The third-order valence-corrected chi connectivity index (χ3v) is 1.99. The van der Waals surface area contributed by atoms with E-state index in [1.807, 2.05) is 6.92 Å². The zero-order chi connectivity index (χ0) is 14.8. The minimum atomic E-state index is -0.476. The van der Waals surface area contributed by atoms with Crippen molar-refractivity contribution in [3.05, 3.63) is 42.9 Å². The maximum absolute atomic E-state index is 10.8. The van der Waals surface area contributed by atoms with Crippen LogP contribution in [0.15, 0.2) is 42.9 Å². The summed E-state index contributed by atoms with van der Waals surface area (Å²) in [5, 5.41) is 11.2. The second-order valence-corrected chi connectivity index (χ2v) is 3.52. The molecule has 4 N–H and O–H groups in total. The van der Waals surface area contributed by atoms with Crippen molar-refractivity contribution in [1.29, 1.82) is 0 Å². The fraction of sp³-hybridized carbons (Fsp3) is 0.154. The molecule has 0 aliphatic carbocycles. The molecule has 0 saturated heterocycles. The molecule has 0 atom stereocenters. The smallest absolute Gasteiger partial charge is 0.413 e. The summed E-state index contributed by atoms with van der Waals surface area (Å²) in [7, 11) is 0. The zero-order valence-corrected chi connectivity index (χ0v) is 11.0. The summed E-state index contributed by atoms with van der Waals surface area (Å²) >= 11 is 0. The number of amides is 1. The van der Waals surface area contributed by atoms with Crippen molar-refractivity contribution in [3.8, 4) is 11.6 Å². The van der Waals surface area contributed by atoms with Crippen LogP contribution >= 0.6 is 0 Å². The summed E-state index contributed by atoms with van der Waals surface area (Å²) in [4.78, 5) is 18.3. The van der Waals surface area contributed by atoms with Crippen molar-refractivity contribution in [1.82, 2.24) is 15.3 Å². The number of aromatic nitrogens is 2. The molecule has 20 heavy (non-hydrogen) atoms. The first kappa shape index (κ1) is 15.2. The van der Waals surface area contributed by atoms with Crippen molar-refractivity contribution in [2.24, 2.45) is 0 Å². The fourth-order valence-electron chi connectivity index (χ4n) is 1.08. The second-order valence-electron chi connectivity index (χ2n) is 3.52. The number of ether oxygens (including phenoxy) is 1. The Bertz CT molecular complexity index is 513. The molecular weight excluding hydrogens is 260 g/mol. The van der Waals surface area contributed by atoms with E-state index in [9.17, 15) is 4.79 Å². The van der Waals surface area contributed by atoms with E-state index in [0.717, 1.165) is 0 Å². The number of nitrogens with one attached hydrogen (secondary N) is 1. The Kier molecular flexibility index (Phi) is 6.32. The molecule has 0 unspecified atom stereocenters. The van der Waals surface area contributed by atoms with Crippen LogP contribution in [-0.4, -0.2) is 27.7 Å². The van der Waals surface area contributed by atoms with Gasteiger partial charge in [0.25, 0.3) is 0 Å². The zero-order valence-electron chi connectivity index (χ0n) is 11.0. The summed E-state index contributed by atoms with van der Waals surface area (Å²) < 4.78 is 4.79. The minimum absolute atomic E-state index is 0.0347. The Morgan fingerprint density at radius 1 is 1.40 bits per heavy atom. The summed E-state index contributed by atoms with van der Waals surface area (Å²) in [6, 6.07) is 6.66. The van der Waals surface area contributed by atoms with Gasteiger partial charge in [0.05, 0.1) is 11.9 Å². The van der Waals surface area contributed by atoms with Crippen LogP contribution in [0.3, 0.4) is 0 Å². The van der Waals surface area contributed by atoms with E-state index < -0.39 is 6.09 Å². The van der Waals surface area contributed by atoms with Gasteiger partial charge in [0, 0.05) is 25.0 Å². The summed E-state index contributed by atoms with van der Waals surface area (Å²) in [6.07, 6.45) is 3.91. The topological polar surface area (TPSA) is 110 Å². The lowest BCUT2D eigenvalue weighted by atomic mass is 10.4. The standard InChI is InChI=1S/C8H10N2O2.C5H6N2O/c1-2-9-8(11)12-7-5-3-4-6-10-7;6-4-1-2-7-3-5(4)8/h3-6H,2H2,1H3,(H,9,11);1-3,8H,(H2,6,7). The minimum Gasteiger partial charge on any atom is -0.504 e. The van der Waals surface area contributed by atoms with Crippen LogP contribution in [0.2, 0.25) is 0 Å². The van der Waals surface area contributed by atoms with E-state index in [1.165, 1.54) is 18.5 Å². The number of nitrogens with two attached hydrogens (primary N) is 1. The van der Waals surface area contributed by atoms with E-state index in [0.29, 0.717) is 18.1 Å². The highest BCUT2D eigenvalue weighted by molar-refractivity contribution is 5.69. The lowest BCUT2D eigenvalue weighted by Crippen LogP contribution is -2.26. The van der Waals surface area contributed by atoms with Gasteiger partial charge >= 0.3 is 6.09 Å². The van der Waals surface area contributed by atoms with E-state index in [-0.39, 0.29) is 5.75 Å². The highest BCUT2D eigenvalue weighted by Crippen LogP contribution is 2.14. The molecule has 1 amide bonds. The van der Waals surface area contributed by atoms with Crippen molar-refractivity contribution in [2.75, 3.05) is 12.3 Å². The Hall–Kier alpha value is -2.83.